The van der Waals surface area contributed by atoms with E-state index in [9.17, 15) is 9.59 Å². The van der Waals surface area contributed by atoms with Crippen LogP contribution in [-0.2, 0) is 29.1 Å². The second kappa shape index (κ2) is 12.1. The average molecular weight is 395 g/mol. The molecule has 0 aromatic carbocycles. The molecular formula is C8H10Br2O4Zn. The zero-order chi connectivity index (χ0) is 11.7. The maximum absolute atomic E-state index is 9.82. The predicted molar refractivity (Wildman–Crippen MR) is 60.6 cm³/mol. The monoisotopic (exact) mass is 392 g/mol. The first-order chi connectivity index (χ1) is 6.36. The Labute approximate surface area is 117 Å². The Hall–Kier alpha value is 0.00338. The van der Waals surface area contributed by atoms with E-state index in [-0.39, 0.29) is 28.4 Å². The summed E-state index contributed by atoms with van der Waals surface area (Å²) < 4.78 is 0.403. The van der Waals surface area contributed by atoms with Crippen molar-refractivity contribution in [2.75, 3.05) is 0 Å². The number of halogens is 2. The fourth-order valence-electron chi connectivity index (χ4n) is 0.247. The van der Waals surface area contributed by atoms with Gasteiger partial charge in [0.05, 0.1) is 8.96 Å². The molecule has 7 heteroatoms. The van der Waals surface area contributed by atoms with Gasteiger partial charge >= 0.3 is 11.9 Å². The number of carboxylic acids is 2. The van der Waals surface area contributed by atoms with Gasteiger partial charge in [-0.3, -0.25) is 0 Å². The number of aliphatic carboxylic acids is 2. The topological polar surface area (TPSA) is 74.6 Å². The number of hydrogen-bond donors (Lipinski definition) is 2. The van der Waals surface area contributed by atoms with Crippen LogP contribution >= 0.6 is 31.9 Å². The van der Waals surface area contributed by atoms with Gasteiger partial charge in [-0.05, 0) is 45.7 Å². The molecule has 0 amide bonds. The van der Waals surface area contributed by atoms with Crippen LogP contribution in [0.4, 0.5) is 0 Å². The summed E-state index contributed by atoms with van der Waals surface area (Å²) in [7, 11) is 0. The molecule has 0 radical (unpaired) electrons. The van der Waals surface area contributed by atoms with Crippen molar-refractivity contribution < 1.29 is 39.3 Å². The van der Waals surface area contributed by atoms with Crippen molar-refractivity contribution in [3.05, 3.63) is 21.1 Å². The average Bonchev–Trinajstić information content (AvgIpc) is 2.15. The minimum Gasteiger partial charge on any atom is -0.477 e. The van der Waals surface area contributed by atoms with E-state index in [1.165, 1.54) is 12.2 Å². The number of hydrogen-bond acceptors (Lipinski definition) is 2. The minimum absolute atomic E-state index is 0. The Bertz CT molecular complexity index is 246. The SMILES string of the molecule is C/C=C(\Br)C(=O)O.C/C=C(\Br)C(=O)O.[Zn]. The zero-order valence-corrected chi connectivity index (χ0v) is 14.5. The van der Waals surface area contributed by atoms with E-state index >= 15 is 0 Å². The van der Waals surface area contributed by atoms with Crippen LogP contribution in [0.15, 0.2) is 21.1 Å². The second-order valence-corrected chi connectivity index (χ2v) is 3.59. The molecule has 0 aliphatic carbocycles. The Morgan fingerprint density at radius 2 is 1.13 bits per heavy atom. The Morgan fingerprint density at radius 3 is 1.13 bits per heavy atom. The van der Waals surface area contributed by atoms with Crippen molar-refractivity contribution in [2.45, 2.75) is 13.8 Å². The van der Waals surface area contributed by atoms with Crippen molar-refractivity contribution in [3.8, 4) is 0 Å². The maximum Gasteiger partial charge on any atom is 0.342 e. The molecule has 0 saturated carbocycles. The van der Waals surface area contributed by atoms with Crippen LogP contribution in [0, 0.1) is 0 Å². The van der Waals surface area contributed by atoms with E-state index < -0.39 is 11.9 Å². The number of carbonyl (C=O) groups is 2. The van der Waals surface area contributed by atoms with Crippen molar-refractivity contribution in [1.29, 1.82) is 0 Å². The van der Waals surface area contributed by atoms with Crippen LogP contribution in [0.25, 0.3) is 0 Å². The fourth-order valence-corrected chi connectivity index (χ4v) is 0.247. The minimum atomic E-state index is -0.928. The first-order valence-corrected chi connectivity index (χ1v) is 5.05. The molecule has 82 valence electrons. The second-order valence-electron chi connectivity index (χ2n) is 1.88. The maximum atomic E-state index is 9.82. The summed E-state index contributed by atoms with van der Waals surface area (Å²) >= 11 is 5.61. The summed E-state index contributed by atoms with van der Waals surface area (Å²) in [6.07, 6.45) is 2.95. The van der Waals surface area contributed by atoms with E-state index in [1.54, 1.807) is 13.8 Å². The van der Waals surface area contributed by atoms with Gasteiger partial charge in [-0.1, -0.05) is 12.2 Å². The van der Waals surface area contributed by atoms with Gasteiger partial charge in [0.1, 0.15) is 0 Å². The van der Waals surface area contributed by atoms with Crippen LogP contribution in [-0.4, -0.2) is 22.2 Å². The molecule has 0 aliphatic heterocycles. The molecule has 0 unspecified atom stereocenters. The van der Waals surface area contributed by atoms with Crippen molar-refractivity contribution >= 4 is 43.8 Å². The molecule has 0 aromatic rings. The van der Waals surface area contributed by atoms with Crippen LogP contribution in [0.3, 0.4) is 0 Å². The summed E-state index contributed by atoms with van der Waals surface area (Å²) in [5, 5.41) is 16.1. The van der Waals surface area contributed by atoms with Gasteiger partial charge in [0.15, 0.2) is 0 Å². The molecule has 0 saturated heterocycles. The van der Waals surface area contributed by atoms with Crippen molar-refractivity contribution in [3.63, 3.8) is 0 Å². The van der Waals surface area contributed by atoms with Gasteiger partial charge in [-0.2, -0.15) is 0 Å². The Kier molecular flexibility index (Phi) is 16.4. The molecule has 0 heterocycles. The van der Waals surface area contributed by atoms with Crippen LogP contribution in [0.5, 0.6) is 0 Å². The molecule has 0 aliphatic rings. The Morgan fingerprint density at radius 1 is 0.933 bits per heavy atom. The van der Waals surface area contributed by atoms with Crippen LogP contribution < -0.4 is 0 Å². The van der Waals surface area contributed by atoms with Gasteiger partial charge in [0.2, 0.25) is 0 Å². The van der Waals surface area contributed by atoms with Crippen molar-refractivity contribution in [1.82, 2.24) is 0 Å². The Balaban J connectivity index is -0.000000180. The summed E-state index contributed by atoms with van der Waals surface area (Å²) in [4.78, 5) is 19.6. The molecule has 4 nitrogen and oxygen atoms in total. The predicted octanol–water partition coefficient (Wildman–Crippen LogP) is 2.74. The van der Waals surface area contributed by atoms with Gasteiger partial charge in [0.25, 0.3) is 0 Å². The molecule has 0 aromatic heterocycles. The van der Waals surface area contributed by atoms with Gasteiger partial charge in [0, 0.05) is 19.5 Å². The fraction of sp³-hybridized carbons (Fsp3) is 0.250. The molecular weight excluding hydrogens is 385 g/mol. The van der Waals surface area contributed by atoms with E-state index in [4.69, 9.17) is 10.2 Å². The first kappa shape index (κ1) is 20.4. The molecule has 0 spiro atoms. The molecule has 0 rings (SSSR count). The van der Waals surface area contributed by atoms with Crippen LogP contribution in [0.1, 0.15) is 13.8 Å². The number of carboxylic acid groups (broad SMARTS) is 2. The third-order valence-corrected chi connectivity index (χ3v) is 2.51. The summed E-state index contributed by atoms with van der Waals surface area (Å²) in [6.45, 7) is 3.30. The van der Waals surface area contributed by atoms with E-state index in [0.717, 1.165) is 0 Å². The number of rotatable bonds is 2. The summed E-state index contributed by atoms with van der Waals surface area (Å²) in [5.41, 5.74) is 0. The zero-order valence-electron chi connectivity index (χ0n) is 8.33. The smallest absolute Gasteiger partial charge is 0.342 e. The summed E-state index contributed by atoms with van der Waals surface area (Å²) in [5.74, 6) is -1.86. The third-order valence-electron chi connectivity index (χ3n) is 0.916. The molecule has 0 fully saturated rings. The first-order valence-electron chi connectivity index (χ1n) is 3.47. The quantitative estimate of drug-likeness (QED) is 0.557. The summed E-state index contributed by atoms with van der Waals surface area (Å²) in [6, 6.07) is 0. The molecule has 2 N–H and O–H groups in total. The number of allylic oxidation sites excluding steroid dienone is 2. The largest absolute Gasteiger partial charge is 0.477 e. The molecule has 15 heavy (non-hydrogen) atoms. The normalized spacial score (nSPS) is 10.7. The standard InChI is InChI=1S/2C4H5BrO2.Zn/c2*1-2-3(5)4(6)7;/h2*2H,1H3,(H,6,7);/b2*3-2-;. The molecule has 0 bridgehead atoms. The van der Waals surface area contributed by atoms with Gasteiger partial charge in [-0.25, -0.2) is 9.59 Å². The van der Waals surface area contributed by atoms with E-state index in [0.29, 0.717) is 0 Å². The molecule has 0 atom stereocenters. The third kappa shape index (κ3) is 14.0. The van der Waals surface area contributed by atoms with E-state index in [1.807, 2.05) is 0 Å². The van der Waals surface area contributed by atoms with E-state index in [2.05, 4.69) is 31.9 Å². The van der Waals surface area contributed by atoms with Crippen LogP contribution in [0.2, 0.25) is 0 Å². The van der Waals surface area contributed by atoms with Gasteiger partial charge < -0.3 is 10.2 Å². The van der Waals surface area contributed by atoms with Crippen molar-refractivity contribution in [2.24, 2.45) is 0 Å². The van der Waals surface area contributed by atoms with Gasteiger partial charge in [-0.15, -0.1) is 0 Å².